The highest BCUT2D eigenvalue weighted by Crippen LogP contribution is 2.36. The molecule has 0 spiro atoms. The summed E-state index contributed by atoms with van der Waals surface area (Å²) in [5.74, 6) is -0.885. The van der Waals surface area contributed by atoms with Crippen LogP contribution in [0.5, 0.6) is 0 Å². The first-order valence-corrected chi connectivity index (χ1v) is 17.8. The fraction of sp³-hybridized carbons (Fsp3) is 0.257. The number of nitrogens with zero attached hydrogens (tertiary/aromatic N) is 2. The van der Waals surface area contributed by atoms with Gasteiger partial charge in [0, 0.05) is 19.5 Å². The standard InChI is InChI=1S/C35H35Cl4N3O4S/c1-23(2)20-40-35(44)32(19-25-8-5-4-6-9-25)41(21-26-14-17-28(36)30(38)18-26)33(43)22-42(31-11-7-10-29(37)34(31)39)47(45,46)27-15-12-24(3)13-16-27/h4-18,23,32H,19-22H2,1-3H3,(H,40,44)/t32-/m1/s1. The summed E-state index contributed by atoms with van der Waals surface area (Å²) in [6, 6.07) is 24.0. The second-order valence-electron chi connectivity index (χ2n) is 11.5. The lowest BCUT2D eigenvalue weighted by molar-refractivity contribution is -0.140. The van der Waals surface area contributed by atoms with Gasteiger partial charge >= 0.3 is 0 Å². The van der Waals surface area contributed by atoms with Crippen LogP contribution in [0.25, 0.3) is 0 Å². The Morgan fingerprint density at radius 3 is 2.11 bits per heavy atom. The number of anilines is 1. The number of halogens is 4. The lowest BCUT2D eigenvalue weighted by Gasteiger charge is -2.34. The molecular formula is C35H35Cl4N3O4S. The third-order valence-corrected chi connectivity index (χ3v) is 10.7. The van der Waals surface area contributed by atoms with Crippen molar-refractivity contribution < 1.29 is 18.0 Å². The minimum absolute atomic E-state index is 0.0199. The van der Waals surface area contributed by atoms with Gasteiger partial charge in [-0.05, 0) is 60.4 Å². The Morgan fingerprint density at radius 1 is 0.787 bits per heavy atom. The molecule has 2 amide bonds. The molecule has 4 aromatic carbocycles. The molecule has 1 atom stereocenters. The number of amides is 2. The van der Waals surface area contributed by atoms with Gasteiger partial charge in [-0.25, -0.2) is 8.42 Å². The molecule has 1 N–H and O–H groups in total. The van der Waals surface area contributed by atoms with E-state index < -0.39 is 28.5 Å². The molecule has 0 aliphatic rings. The van der Waals surface area contributed by atoms with Gasteiger partial charge in [-0.1, -0.05) is 120 Å². The van der Waals surface area contributed by atoms with Crippen molar-refractivity contribution in [1.29, 1.82) is 0 Å². The van der Waals surface area contributed by atoms with Crippen molar-refractivity contribution in [2.24, 2.45) is 5.92 Å². The average Bonchev–Trinajstić information content (AvgIpc) is 3.04. The molecule has 0 saturated heterocycles. The molecule has 0 saturated carbocycles. The molecule has 0 aromatic heterocycles. The Balaban J connectivity index is 1.84. The summed E-state index contributed by atoms with van der Waals surface area (Å²) in [6.45, 7) is 5.40. The van der Waals surface area contributed by atoms with Crippen molar-refractivity contribution >= 4 is 73.9 Å². The fourth-order valence-electron chi connectivity index (χ4n) is 4.85. The van der Waals surface area contributed by atoms with Crippen LogP contribution in [0, 0.1) is 12.8 Å². The summed E-state index contributed by atoms with van der Waals surface area (Å²) in [5, 5.41) is 3.63. The largest absolute Gasteiger partial charge is 0.354 e. The molecule has 47 heavy (non-hydrogen) atoms. The summed E-state index contributed by atoms with van der Waals surface area (Å²) in [5.41, 5.74) is 2.28. The van der Waals surface area contributed by atoms with E-state index in [1.165, 1.54) is 29.2 Å². The highest BCUT2D eigenvalue weighted by molar-refractivity contribution is 7.92. The number of nitrogens with one attached hydrogen (secondary N) is 1. The van der Waals surface area contributed by atoms with Gasteiger partial charge in [-0.3, -0.25) is 13.9 Å². The fourth-order valence-corrected chi connectivity index (χ4v) is 7.04. The third-order valence-electron chi connectivity index (χ3n) is 7.38. The van der Waals surface area contributed by atoms with Crippen LogP contribution in [0.15, 0.2) is 95.9 Å². The number of carbonyl (C=O) groups is 2. The van der Waals surface area contributed by atoms with Crippen molar-refractivity contribution in [2.45, 2.75) is 44.7 Å². The molecule has 7 nitrogen and oxygen atoms in total. The van der Waals surface area contributed by atoms with Crippen molar-refractivity contribution in [2.75, 3.05) is 17.4 Å². The molecule has 0 aliphatic heterocycles. The van der Waals surface area contributed by atoms with E-state index in [4.69, 9.17) is 46.4 Å². The van der Waals surface area contributed by atoms with E-state index in [0.29, 0.717) is 17.1 Å². The van der Waals surface area contributed by atoms with Crippen LogP contribution < -0.4 is 9.62 Å². The minimum Gasteiger partial charge on any atom is -0.354 e. The van der Waals surface area contributed by atoms with E-state index >= 15 is 0 Å². The molecule has 0 radical (unpaired) electrons. The lowest BCUT2D eigenvalue weighted by Crippen LogP contribution is -2.53. The first-order valence-electron chi connectivity index (χ1n) is 14.9. The number of hydrogen-bond acceptors (Lipinski definition) is 4. The zero-order valence-electron chi connectivity index (χ0n) is 26.1. The van der Waals surface area contributed by atoms with Crippen LogP contribution in [0.4, 0.5) is 5.69 Å². The van der Waals surface area contributed by atoms with E-state index in [1.54, 1.807) is 36.4 Å². The molecule has 0 unspecified atom stereocenters. The quantitative estimate of drug-likeness (QED) is 0.150. The first kappa shape index (κ1) is 36.6. The van der Waals surface area contributed by atoms with Crippen molar-refractivity contribution in [3.8, 4) is 0 Å². The van der Waals surface area contributed by atoms with Crippen molar-refractivity contribution in [3.05, 3.63) is 128 Å². The number of carbonyl (C=O) groups excluding carboxylic acids is 2. The van der Waals surface area contributed by atoms with Crippen LogP contribution in [-0.2, 0) is 32.6 Å². The Bertz CT molecular complexity index is 1820. The summed E-state index contributed by atoms with van der Waals surface area (Å²) in [7, 11) is -4.35. The number of rotatable bonds is 13. The van der Waals surface area contributed by atoms with E-state index in [2.05, 4.69) is 5.32 Å². The lowest BCUT2D eigenvalue weighted by atomic mass is 10.0. The molecule has 248 valence electrons. The van der Waals surface area contributed by atoms with Gasteiger partial charge in [0.05, 0.1) is 30.7 Å². The van der Waals surface area contributed by atoms with Crippen LogP contribution >= 0.6 is 46.4 Å². The van der Waals surface area contributed by atoms with Gasteiger partial charge in [0.2, 0.25) is 11.8 Å². The van der Waals surface area contributed by atoms with Crippen molar-refractivity contribution in [3.63, 3.8) is 0 Å². The van der Waals surface area contributed by atoms with Crippen LogP contribution in [0.1, 0.15) is 30.5 Å². The third kappa shape index (κ3) is 9.42. The highest BCUT2D eigenvalue weighted by Gasteiger charge is 2.35. The Hall–Kier alpha value is -3.27. The zero-order valence-corrected chi connectivity index (χ0v) is 29.9. The van der Waals surface area contributed by atoms with Crippen LogP contribution in [-0.4, -0.2) is 44.3 Å². The molecule has 12 heteroatoms. The number of aryl methyl sites for hydroxylation is 1. The summed E-state index contributed by atoms with van der Waals surface area (Å²) >= 11 is 25.4. The Kier molecular flexibility index (Phi) is 12.6. The van der Waals surface area contributed by atoms with Gasteiger partial charge in [-0.2, -0.15) is 0 Å². The van der Waals surface area contributed by atoms with Gasteiger partial charge < -0.3 is 10.2 Å². The number of hydrogen-bond donors (Lipinski definition) is 1. The number of benzene rings is 4. The molecule has 0 bridgehead atoms. The second-order valence-corrected chi connectivity index (χ2v) is 15.0. The van der Waals surface area contributed by atoms with Gasteiger partial charge in [0.15, 0.2) is 0 Å². The maximum atomic E-state index is 14.6. The van der Waals surface area contributed by atoms with Crippen molar-refractivity contribution in [1.82, 2.24) is 10.2 Å². The maximum Gasteiger partial charge on any atom is 0.264 e. The SMILES string of the molecule is Cc1ccc(S(=O)(=O)N(CC(=O)N(Cc2ccc(Cl)c(Cl)c2)[C@H](Cc2ccccc2)C(=O)NCC(C)C)c2cccc(Cl)c2Cl)cc1. The predicted octanol–water partition coefficient (Wildman–Crippen LogP) is 8.22. The molecule has 4 rings (SSSR count). The molecule has 0 fully saturated rings. The first-order chi connectivity index (χ1) is 22.3. The summed E-state index contributed by atoms with van der Waals surface area (Å²) in [6.07, 6.45) is 0.167. The average molecular weight is 736 g/mol. The highest BCUT2D eigenvalue weighted by atomic mass is 35.5. The predicted molar refractivity (Wildman–Crippen MR) is 191 cm³/mol. The topological polar surface area (TPSA) is 86.8 Å². The van der Waals surface area contributed by atoms with E-state index in [-0.39, 0.29) is 50.4 Å². The summed E-state index contributed by atoms with van der Waals surface area (Å²) < 4.78 is 29.4. The van der Waals surface area contributed by atoms with E-state index in [9.17, 15) is 18.0 Å². The van der Waals surface area contributed by atoms with Gasteiger partial charge in [0.1, 0.15) is 12.6 Å². The smallest absolute Gasteiger partial charge is 0.264 e. The molecular weight excluding hydrogens is 700 g/mol. The Labute approximate surface area is 296 Å². The maximum absolute atomic E-state index is 14.6. The zero-order chi connectivity index (χ0) is 34.3. The molecule has 0 heterocycles. The number of sulfonamides is 1. The second kappa shape index (κ2) is 16.2. The summed E-state index contributed by atoms with van der Waals surface area (Å²) in [4.78, 5) is 29.8. The van der Waals surface area contributed by atoms with Crippen LogP contribution in [0.3, 0.4) is 0 Å². The Morgan fingerprint density at radius 2 is 1.47 bits per heavy atom. The normalized spacial score (nSPS) is 12.1. The van der Waals surface area contributed by atoms with Crippen LogP contribution in [0.2, 0.25) is 20.1 Å². The van der Waals surface area contributed by atoms with E-state index in [1.807, 2.05) is 51.1 Å². The van der Waals surface area contributed by atoms with E-state index in [0.717, 1.165) is 15.4 Å². The molecule has 0 aliphatic carbocycles. The monoisotopic (exact) mass is 733 g/mol. The van der Waals surface area contributed by atoms with Gasteiger partial charge in [0.25, 0.3) is 10.0 Å². The molecule has 4 aromatic rings. The minimum atomic E-state index is -4.35. The van der Waals surface area contributed by atoms with Gasteiger partial charge in [-0.15, -0.1) is 0 Å².